The molecule has 0 atom stereocenters. The van der Waals surface area contributed by atoms with Crippen molar-refractivity contribution in [2.75, 3.05) is 37.9 Å². The second kappa shape index (κ2) is 9.51. The van der Waals surface area contributed by atoms with E-state index in [0.29, 0.717) is 13.2 Å². The van der Waals surface area contributed by atoms with Crippen molar-refractivity contribution in [1.82, 2.24) is 0 Å². The summed E-state index contributed by atoms with van der Waals surface area (Å²) in [4.78, 5) is 21.4. The highest BCUT2D eigenvalue weighted by molar-refractivity contribution is 7.81. The van der Waals surface area contributed by atoms with Gasteiger partial charge in [-0.1, -0.05) is 0 Å². The van der Waals surface area contributed by atoms with Crippen molar-refractivity contribution in [1.29, 1.82) is 0 Å². The third-order valence-electron chi connectivity index (χ3n) is 1.25. The van der Waals surface area contributed by atoms with Gasteiger partial charge in [-0.2, -0.15) is 25.3 Å². The lowest BCUT2D eigenvalue weighted by Gasteiger charge is -2.03. The number of rotatable bonds is 9. The van der Waals surface area contributed by atoms with Crippen LogP contribution in [-0.2, 0) is 19.1 Å². The minimum Gasteiger partial charge on any atom is -0.371 e. The van der Waals surface area contributed by atoms with Gasteiger partial charge >= 0.3 is 0 Å². The van der Waals surface area contributed by atoms with Crippen LogP contribution < -0.4 is 0 Å². The van der Waals surface area contributed by atoms with Crippen molar-refractivity contribution in [2.24, 2.45) is 0 Å². The molecule has 0 saturated heterocycles. The van der Waals surface area contributed by atoms with Crippen LogP contribution in [0.3, 0.4) is 0 Å². The van der Waals surface area contributed by atoms with Crippen molar-refractivity contribution in [3.8, 4) is 0 Å². The second-order valence-corrected chi connectivity index (χ2v) is 3.13. The maximum atomic E-state index is 10.7. The molecule has 0 amide bonds. The van der Waals surface area contributed by atoms with Crippen LogP contribution in [0.15, 0.2) is 0 Å². The van der Waals surface area contributed by atoms with Gasteiger partial charge in [-0.25, -0.2) is 0 Å². The summed E-state index contributed by atoms with van der Waals surface area (Å²) in [7, 11) is 0. The Kier molecular flexibility index (Phi) is 9.49. The van der Waals surface area contributed by atoms with Gasteiger partial charge in [-0.3, -0.25) is 9.59 Å². The summed E-state index contributed by atoms with van der Waals surface area (Å²) in [6.07, 6.45) is 0. The normalized spacial score (nSPS) is 10.1. The van der Waals surface area contributed by atoms with Crippen LogP contribution in [0.25, 0.3) is 0 Å². The van der Waals surface area contributed by atoms with Crippen molar-refractivity contribution in [2.45, 2.75) is 0 Å². The Hall–Kier alpha value is -0.0400. The van der Waals surface area contributed by atoms with E-state index in [-0.39, 0.29) is 36.3 Å². The average molecular weight is 238 g/mol. The van der Waals surface area contributed by atoms with Gasteiger partial charge in [0.15, 0.2) is 11.6 Å². The van der Waals surface area contributed by atoms with Crippen LogP contribution >= 0.6 is 25.3 Å². The van der Waals surface area contributed by atoms with E-state index in [1.165, 1.54) is 0 Å². The second-order valence-electron chi connectivity index (χ2n) is 2.50. The first-order chi connectivity index (χ1) is 6.70. The van der Waals surface area contributed by atoms with Crippen molar-refractivity contribution in [3.05, 3.63) is 0 Å². The summed E-state index contributed by atoms with van der Waals surface area (Å²) in [6.45, 7) is 0.708. The molecule has 82 valence electrons. The molecule has 0 N–H and O–H groups in total. The first-order valence-electron chi connectivity index (χ1n) is 4.11. The molecule has 14 heavy (non-hydrogen) atoms. The van der Waals surface area contributed by atoms with Crippen LogP contribution in [0, 0.1) is 0 Å². The van der Waals surface area contributed by atoms with Gasteiger partial charge in [0, 0.05) is 0 Å². The third kappa shape index (κ3) is 8.55. The zero-order valence-corrected chi connectivity index (χ0v) is 9.56. The monoisotopic (exact) mass is 238 g/mol. The Labute approximate surface area is 94.2 Å². The maximum Gasteiger partial charge on any atom is 0.168 e. The number of ketones is 2. The lowest BCUT2D eigenvalue weighted by Crippen LogP contribution is -2.16. The predicted molar refractivity (Wildman–Crippen MR) is 59.4 cm³/mol. The molecule has 0 bridgehead atoms. The van der Waals surface area contributed by atoms with Gasteiger partial charge in [0.1, 0.15) is 13.2 Å². The summed E-state index contributed by atoms with van der Waals surface area (Å²) in [5.74, 6) is 0.220. The van der Waals surface area contributed by atoms with Gasteiger partial charge in [0.25, 0.3) is 0 Å². The van der Waals surface area contributed by atoms with Gasteiger partial charge in [-0.05, 0) is 0 Å². The molecule has 0 aliphatic carbocycles. The number of hydrogen-bond acceptors (Lipinski definition) is 6. The lowest BCUT2D eigenvalue weighted by molar-refractivity contribution is -0.124. The Morgan fingerprint density at radius 3 is 1.50 bits per heavy atom. The Bertz CT molecular complexity index is 164. The zero-order chi connectivity index (χ0) is 10.8. The molecule has 4 nitrogen and oxygen atoms in total. The van der Waals surface area contributed by atoms with Gasteiger partial charge in [-0.15, -0.1) is 0 Å². The first-order valence-corrected chi connectivity index (χ1v) is 5.37. The molecule has 0 spiro atoms. The van der Waals surface area contributed by atoms with E-state index in [2.05, 4.69) is 25.3 Å². The number of thiol groups is 2. The van der Waals surface area contributed by atoms with Crippen molar-refractivity contribution in [3.63, 3.8) is 0 Å². The minimum absolute atomic E-state index is 0.0490. The number of hydrogen-bond donors (Lipinski definition) is 2. The van der Waals surface area contributed by atoms with Crippen molar-refractivity contribution < 1.29 is 19.1 Å². The molecule has 0 aliphatic rings. The third-order valence-corrected chi connectivity index (χ3v) is 1.96. The van der Waals surface area contributed by atoms with E-state index in [0.717, 1.165) is 0 Å². The fourth-order valence-corrected chi connectivity index (χ4v) is 0.764. The summed E-state index contributed by atoms with van der Waals surface area (Å²) in [6, 6.07) is 0. The van der Waals surface area contributed by atoms with Gasteiger partial charge in [0.05, 0.1) is 24.7 Å². The molecule has 0 fully saturated rings. The van der Waals surface area contributed by atoms with E-state index in [1.54, 1.807) is 0 Å². The molecular formula is C8H14O4S2. The fourth-order valence-electron chi connectivity index (χ4n) is 0.581. The smallest absolute Gasteiger partial charge is 0.168 e. The number of Topliss-reactive ketones (excluding diaryl/α,β-unsaturated/α-hetero) is 2. The summed E-state index contributed by atoms with van der Waals surface area (Å²) in [5, 5.41) is 0. The highest BCUT2D eigenvalue weighted by Gasteiger charge is 1.99. The average Bonchev–Trinajstić information content (AvgIpc) is 2.22. The number of ether oxygens (including phenoxy) is 2. The maximum absolute atomic E-state index is 10.7. The van der Waals surface area contributed by atoms with E-state index in [4.69, 9.17) is 9.47 Å². The zero-order valence-electron chi connectivity index (χ0n) is 7.77. The summed E-state index contributed by atoms with van der Waals surface area (Å²) in [5.41, 5.74) is 0. The molecule has 0 radical (unpaired) electrons. The van der Waals surface area contributed by atoms with Crippen LogP contribution in [-0.4, -0.2) is 49.5 Å². The largest absolute Gasteiger partial charge is 0.371 e. The van der Waals surface area contributed by atoms with E-state index >= 15 is 0 Å². The predicted octanol–water partition coefficient (Wildman–Crippen LogP) is 0.0174. The summed E-state index contributed by atoms with van der Waals surface area (Å²) >= 11 is 7.57. The molecule has 0 aromatic rings. The Morgan fingerprint density at radius 1 is 0.857 bits per heavy atom. The minimum atomic E-state index is -0.0697. The Morgan fingerprint density at radius 2 is 1.21 bits per heavy atom. The van der Waals surface area contributed by atoms with Gasteiger partial charge < -0.3 is 9.47 Å². The van der Waals surface area contributed by atoms with Crippen LogP contribution in [0.4, 0.5) is 0 Å². The molecule has 6 heteroatoms. The fraction of sp³-hybridized carbons (Fsp3) is 0.750. The molecule has 0 aliphatic heterocycles. The van der Waals surface area contributed by atoms with E-state index in [1.807, 2.05) is 0 Å². The molecule has 0 saturated carbocycles. The van der Waals surface area contributed by atoms with Crippen LogP contribution in [0.2, 0.25) is 0 Å². The highest BCUT2D eigenvalue weighted by Crippen LogP contribution is 1.84. The van der Waals surface area contributed by atoms with Crippen molar-refractivity contribution >= 4 is 36.8 Å². The highest BCUT2D eigenvalue weighted by atomic mass is 32.1. The SMILES string of the molecule is O=C(CS)COCCOCC(=O)CS. The molecular weight excluding hydrogens is 224 g/mol. The number of carbonyl (C=O) groups excluding carboxylic acids is 2. The van der Waals surface area contributed by atoms with Crippen LogP contribution in [0.1, 0.15) is 0 Å². The molecule has 0 rings (SSSR count). The number of carbonyl (C=O) groups is 2. The lowest BCUT2D eigenvalue weighted by atomic mass is 10.5. The van der Waals surface area contributed by atoms with E-state index in [9.17, 15) is 9.59 Å². The Balaban J connectivity index is 3.14. The van der Waals surface area contributed by atoms with Crippen LogP contribution in [0.5, 0.6) is 0 Å². The molecule has 0 unspecified atom stereocenters. The first kappa shape index (κ1) is 14.0. The van der Waals surface area contributed by atoms with Gasteiger partial charge in [0.2, 0.25) is 0 Å². The molecule has 0 heterocycles. The quantitative estimate of drug-likeness (QED) is 0.439. The molecule has 0 aromatic heterocycles. The topological polar surface area (TPSA) is 52.6 Å². The summed E-state index contributed by atoms with van der Waals surface area (Å²) < 4.78 is 9.90. The van der Waals surface area contributed by atoms with E-state index < -0.39 is 0 Å². The standard InChI is InChI=1S/C8H14O4S2/c9-7(5-13)3-11-1-2-12-4-8(10)6-14/h13-14H,1-6H2. The molecule has 0 aromatic carbocycles.